The topological polar surface area (TPSA) is 43.4 Å². The second-order valence-electron chi connectivity index (χ2n) is 3.45. The highest BCUT2D eigenvalue weighted by Crippen LogP contribution is 2.20. The molecule has 0 heterocycles. The maximum Gasteiger partial charge on any atom is 0.339 e. The monoisotopic (exact) mass is 286 g/mol. The predicted octanol–water partition coefficient (Wildman–Crippen LogP) is 3.25. The minimum Gasteiger partial charge on any atom is -0.379 e. The standard InChI is InChI=1S/C12H8ClFO3S/c13-9-1-7-12(8-2-9)18(15,16)17-11-5-3-10(14)4-6-11/h1-8H. The van der Waals surface area contributed by atoms with Gasteiger partial charge in [-0.3, -0.25) is 0 Å². The van der Waals surface area contributed by atoms with E-state index < -0.39 is 15.9 Å². The maximum absolute atomic E-state index is 12.7. The van der Waals surface area contributed by atoms with Gasteiger partial charge in [0.05, 0.1) is 0 Å². The number of hydrogen-bond acceptors (Lipinski definition) is 3. The molecular formula is C12H8ClFO3S. The van der Waals surface area contributed by atoms with Crippen molar-refractivity contribution in [3.05, 3.63) is 59.4 Å². The van der Waals surface area contributed by atoms with Gasteiger partial charge in [-0.25, -0.2) is 4.39 Å². The van der Waals surface area contributed by atoms with Crippen molar-refractivity contribution in [1.29, 1.82) is 0 Å². The Morgan fingerprint density at radius 1 is 0.944 bits per heavy atom. The molecule has 0 aliphatic carbocycles. The van der Waals surface area contributed by atoms with Crippen molar-refractivity contribution < 1.29 is 17.0 Å². The summed E-state index contributed by atoms with van der Waals surface area (Å²) in [4.78, 5) is -0.0174. The minimum atomic E-state index is -3.92. The van der Waals surface area contributed by atoms with Gasteiger partial charge in [0, 0.05) is 5.02 Å². The lowest BCUT2D eigenvalue weighted by Crippen LogP contribution is -2.09. The van der Waals surface area contributed by atoms with Gasteiger partial charge in [0.15, 0.2) is 0 Å². The maximum atomic E-state index is 12.7. The van der Waals surface area contributed by atoms with E-state index in [1.54, 1.807) is 0 Å². The smallest absolute Gasteiger partial charge is 0.339 e. The lowest BCUT2D eigenvalue weighted by Gasteiger charge is -2.06. The molecule has 0 radical (unpaired) electrons. The molecule has 2 aromatic rings. The second-order valence-corrected chi connectivity index (χ2v) is 5.43. The summed E-state index contributed by atoms with van der Waals surface area (Å²) in [6.07, 6.45) is 0. The van der Waals surface area contributed by atoms with Gasteiger partial charge in [-0.05, 0) is 48.5 Å². The SMILES string of the molecule is O=S(=O)(Oc1ccc(F)cc1)c1ccc(Cl)cc1. The molecule has 0 aliphatic rings. The first kappa shape index (κ1) is 12.9. The summed E-state index contributed by atoms with van der Waals surface area (Å²) < 4.78 is 41.2. The molecule has 0 saturated carbocycles. The molecule has 0 bridgehead atoms. The molecule has 3 nitrogen and oxygen atoms in total. The molecule has 2 rings (SSSR count). The Bertz CT molecular complexity index is 636. The first-order chi connectivity index (χ1) is 8.47. The largest absolute Gasteiger partial charge is 0.379 e. The van der Waals surface area contributed by atoms with Crippen LogP contribution >= 0.6 is 11.6 Å². The number of hydrogen-bond donors (Lipinski definition) is 0. The minimum absolute atomic E-state index is 0.0174. The van der Waals surface area contributed by atoms with Crippen molar-refractivity contribution in [1.82, 2.24) is 0 Å². The van der Waals surface area contributed by atoms with Crippen LogP contribution in [0.15, 0.2) is 53.4 Å². The van der Waals surface area contributed by atoms with Crippen LogP contribution in [0.1, 0.15) is 0 Å². The van der Waals surface area contributed by atoms with E-state index in [0.717, 1.165) is 12.1 Å². The summed E-state index contributed by atoms with van der Waals surface area (Å²) in [6, 6.07) is 10.3. The number of benzene rings is 2. The quantitative estimate of drug-likeness (QED) is 0.814. The van der Waals surface area contributed by atoms with Crippen LogP contribution in [-0.4, -0.2) is 8.42 Å². The average molecular weight is 287 g/mol. The van der Waals surface area contributed by atoms with E-state index in [1.807, 2.05) is 0 Å². The average Bonchev–Trinajstić information content (AvgIpc) is 2.32. The molecule has 2 aromatic carbocycles. The van der Waals surface area contributed by atoms with E-state index in [9.17, 15) is 12.8 Å². The number of rotatable bonds is 3. The van der Waals surface area contributed by atoms with Gasteiger partial charge in [0.1, 0.15) is 16.5 Å². The van der Waals surface area contributed by atoms with Gasteiger partial charge in [-0.15, -0.1) is 0 Å². The van der Waals surface area contributed by atoms with Gasteiger partial charge in [-0.1, -0.05) is 11.6 Å². The van der Waals surface area contributed by atoms with Gasteiger partial charge in [0.2, 0.25) is 0 Å². The van der Waals surface area contributed by atoms with Crippen molar-refractivity contribution in [2.45, 2.75) is 4.90 Å². The molecule has 6 heteroatoms. The van der Waals surface area contributed by atoms with Gasteiger partial charge in [-0.2, -0.15) is 8.42 Å². The highest BCUT2D eigenvalue weighted by Gasteiger charge is 2.16. The Labute approximate surface area is 109 Å². The first-order valence-corrected chi connectivity index (χ1v) is 6.72. The third-order valence-electron chi connectivity index (χ3n) is 2.12. The van der Waals surface area contributed by atoms with E-state index in [1.165, 1.54) is 36.4 Å². The van der Waals surface area contributed by atoms with Crippen molar-refractivity contribution in [2.75, 3.05) is 0 Å². The van der Waals surface area contributed by atoms with Crippen molar-refractivity contribution in [3.63, 3.8) is 0 Å². The molecule has 0 amide bonds. The molecule has 0 saturated heterocycles. The lowest BCUT2D eigenvalue weighted by atomic mass is 10.3. The molecule has 18 heavy (non-hydrogen) atoms. The third-order valence-corrected chi connectivity index (χ3v) is 3.64. The molecule has 0 unspecified atom stereocenters. The van der Waals surface area contributed by atoms with Gasteiger partial charge < -0.3 is 4.18 Å². The lowest BCUT2D eigenvalue weighted by molar-refractivity contribution is 0.485. The third kappa shape index (κ3) is 3.00. The predicted molar refractivity (Wildman–Crippen MR) is 65.7 cm³/mol. The van der Waals surface area contributed by atoms with E-state index in [2.05, 4.69) is 0 Å². The summed E-state index contributed by atoms with van der Waals surface area (Å²) in [5.74, 6) is -0.419. The molecule has 0 aromatic heterocycles. The molecule has 0 atom stereocenters. The van der Waals surface area contributed by atoms with E-state index in [0.29, 0.717) is 5.02 Å². The second kappa shape index (κ2) is 4.96. The highest BCUT2D eigenvalue weighted by molar-refractivity contribution is 7.87. The molecule has 0 N–H and O–H groups in total. The van der Waals surface area contributed by atoms with Crippen LogP contribution in [0.2, 0.25) is 5.02 Å². The zero-order chi connectivity index (χ0) is 13.2. The van der Waals surface area contributed by atoms with E-state index >= 15 is 0 Å². The van der Waals surface area contributed by atoms with Crippen LogP contribution in [0.3, 0.4) is 0 Å². The fourth-order valence-corrected chi connectivity index (χ4v) is 2.32. The summed E-state index contributed by atoms with van der Waals surface area (Å²) in [7, 11) is -3.92. The highest BCUT2D eigenvalue weighted by atomic mass is 35.5. The molecule has 0 spiro atoms. The Morgan fingerprint density at radius 2 is 1.50 bits per heavy atom. The van der Waals surface area contributed by atoms with Crippen molar-refractivity contribution >= 4 is 21.7 Å². The van der Waals surface area contributed by atoms with Gasteiger partial charge >= 0.3 is 10.1 Å². The van der Waals surface area contributed by atoms with Crippen molar-refractivity contribution in [3.8, 4) is 5.75 Å². The fourth-order valence-electron chi connectivity index (χ4n) is 1.27. The normalized spacial score (nSPS) is 11.2. The summed E-state index contributed by atoms with van der Waals surface area (Å²) in [5.41, 5.74) is 0. The van der Waals surface area contributed by atoms with Crippen LogP contribution in [0, 0.1) is 5.82 Å². The van der Waals surface area contributed by atoms with Crippen LogP contribution in [-0.2, 0) is 10.1 Å². The van der Waals surface area contributed by atoms with E-state index in [-0.39, 0.29) is 10.6 Å². The molecule has 0 fully saturated rings. The summed E-state index contributed by atoms with van der Waals surface area (Å²) in [6.45, 7) is 0. The van der Waals surface area contributed by atoms with Crippen LogP contribution in [0.4, 0.5) is 4.39 Å². The van der Waals surface area contributed by atoms with Gasteiger partial charge in [0.25, 0.3) is 0 Å². The number of halogens is 2. The first-order valence-electron chi connectivity index (χ1n) is 4.93. The molecular weight excluding hydrogens is 279 g/mol. The summed E-state index contributed by atoms with van der Waals surface area (Å²) >= 11 is 5.66. The van der Waals surface area contributed by atoms with Crippen molar-refractivity contribution in [2.24, 2.45) is 0 Å². The summed E-state index contributed by atoms with van der Waals surface area (Å²) in [5, 5.41) is 0.427. The Balaban J connectivity index is 2.27. The van der Waals surface area contributed by atoms with Crippen LogP contribution in [0.25, 0.3) is 0 Å². The van der Waals surface area contributed by atoms with Crippen LogP contribution < -0.4 is 4.18 Å². The van der Waals surface area contributed by atoms with E-state index in [4.69, 9.17) is 15.8 Å². The molecule has 94 valence electrons. The molecule has 0 aliphatic heterocycles. The Kier molecular flexibility index (Phi) is 3.54. The van der Waals surface area contributed by atoms with Crippen LogP contribution in [0.5, 0.6) is 5.75 Å². The fraction of sp³-hybridized carbons (Fsp3) is 0. The Hall–Kier alpha value is -1.59. The Morgan fingerprint density at radius 3 is 2.06 bits per heavy atom. The zero-order valence-corrected chi connectivity index (χ0v) is 10.6. The zero-order valence-electron chi connectivity index (χ0n) is 9.01.